The van der Waals surface area contributed by atoms with Crippen molar-refractivity contribution in [3.8, 4) is 16.9 Å². The SMILES string of the molecule is Oc1cc(F)cc(-c2ccc(Cl)cc2F)c1. The van der Waals surface area contributed by atoms with Gasteiger partial charge in [0.05, 0.1) is 0 Å². The van der Waals surface area contributed by atoms with Gasteiger partial charge >= 0.3 is 0 Å². The molecule has 0 radical (unpaired) electrons. The van der Waals surface area contributed by atoms with E-state index in [4.69, 9.17) is 11.6 Å². The van der Waals surface area contributed by atoms with Crippen LogP contribution in [0.5, 0.6) is 5.75 Å². The second-order valence-corrected chi connectivity index (χ2v) is 3.76. The number of benzene rings is 2. The molecule has 1 N–H and O–H groups in total. The van der Waals surface area contributed by atoms with E-state index in [0.29, 0.717) is 0 Å². The van der Waals surface area contributed by atoms with Crippen molar-refractivity contribution in [2.24, 2.45) is 0 Å². The summed E-state index contributed by atoms with van der Waals surface area (Å²) in [4.78, 5) is 0. The van der Waals surface area contributed by atoms with Crippen LogP contribution >= 0.6 is 11.6 Å². The van der Waals surface area contributed by atoms with E-state index in [-0.39, 0.29) is 21.9 Å². The summed E-state index contributed by atoms with van der Waals surface area (Å²) < 4.78 is 26.5. The Morgan fingerprint density at radius 2 is 1.75 bits per heavy atom. The molecule has 2 aromatic rings. The Labute approximate surface area is 95.9 Å². The topological polar surface area (TPSA) is 20.2 Å². The predicted octanol–water partition coefficient (Wildman–Crippen LogP) is 3.99. The van der Waals surface area contributed by atoms with Gasteiger partial charge in [0.25, 0.3) is 0 Å². The van der Waals surface area contributed by atoms with E-state index in [1.165, 1.54) is 18.2 Å². The Morgan fingerprint density at radius 3 is 2.38 bits per heavy atom. The smallest absolute Gasteiger partial charge is 0.132 e. The Morgan fingerprint density at radius 1 is 1.00 bits per heavy atom. The van der Waals surface area contributed by atoms with Crippen molar-refractivity contribution >= 4 is 11.6 Å². The molecular weight excluding hydrogens is 234 g/mol. The molecule has 0 spiro atoms. The van der Waals surface area contributed by atoms with Gasteiger partial charge in [-0.2, -0.15) is 0 Å². The van der Waals surface area contributed by atoms with Gasteiger partial charge in [0.15, 0.2) is 0 Å². The summed E-state index contributed by atoms with van der Waals surface area (Å²) in [5.41, 5.74) is 0.464. The van der Waals surface area contributed by atoms with Gasteiger partial charge < -0.3 is 5.11 Å². The number of phenolic OH excluding ortho intramolecular Hbond substituents is 1. The average molecular weight is 241 g/mol. The molecule has 0 aliphatic rings. The molecule has 4 heteroatoms. The Bertz CT molecular complexity index is 520. The highest BCUT2D eigenvalue weighted by atomic mass is 35.5. The van der Waals surface area contributed by atoms with Crippen LogP contribution in [0.4, 0.5) is 8.78 Å². The lowest BCUT2D eigenvalue weighted by Crippen LogP contribution is -1.85. The minimum Gasteiger partial charge on any atom is -0.508 e. The summed E-state index contributed by atoms with van der Waals surface area (Å²) in [5, 5.41) is 9.48. The van der Waals surface area contributed by atoms with E-state index in [9.17, 15) is 13.9 Å². The summed E-state index contributed by atoms with van der Waals surface area (Å²) in [6.45, 7) is 0. The van der Waals surface area contributed by atoms with Gasteiger partial charge in [0.2, 0.25) is 0 Å². The molecule has 82 valence electrons. The van der Waals surface area contributed by atoms with Gasteiger partial charge in [-0.1, -0.05) is 11.6 Å². The first-order valence-electron chi connectivity index (χ1n) is 4.51. The number of hydrogen-bond acceptors (Lipinski definition) is 1. The van der Waals surface area contributed by atoms with Gasteiger partial charge in [0, 0.05) is 16.7 Å². The maximum absolute atomic E-state index is 13.5. The maximum Gasteiger partial charge on any atom is 0.132 e. The fourth-order valence-corrected chi connectivity index (χ4v) is 1.61. The second-order valence-electron chi connectivity index (χ2n) is 3.32. The van der Waals surface area contributed by atoms with Crippen LogP contribution in [0.3, 0.4) is 0 Å². The predicted molar refractivity (Wildman–Crippen MR) is 58.5 cm³/mol. The van der Waals surface area contributed by atoms with Crippen molar-refractivity contribution in [2.45, 2.75) is 0 Å². The van der Waals surface area contributed by atoms with Crippen LogP contribution in [0.2, 0.25) is 5.02 Å². The zero-order valence-corrected chi connectivity index (χ0v) is 8.80. The lowest BCUT2D eigenvalue weighted by Gasteiger charge is -2.05. The third kappa shape index (κ3) is 2.14. The van der Waals surface area contributed by atoms with Crippen LogP contribution in [0, 0.1) is 11.6 Å². The molecule has 0 amide bonds. The molecule has 16 heavy (non-hydrogen) atoms. The number of phenols is 1. The highest BCUT2D eigenvalue weighted by molar-refractivity contribution is 6.30. The maximum atomic E-state index is 13.5. The van der Waals surface area contributed by atoms with Gasteiger partial charge in [-0.25, -0.2) is 8.78 Å². The molecule has 0 heterocycles. The van der Waals surface area contributed by atoms with Crippen LogP contribution in [0.15, 0.2) is 36.4 Å². The van der Waals surface area contributed by atoms with E-state index < -0.39 is 11.6 Å². The molecule has 0 aliphatic carbocycles. The molecule has 0 aromatic heterocycles. The lowest BCUT2D eigenvalue weighted by atomic mass is 10.0. The van der Waals surface area contributed by atoms with Crippen molar-refractivity contribution < 1.29 is 13.9 Å². The first kappa shape index (κ1) is 10.9. The Kier molecular flexibility index (Phi) is 2.79. The van der Waals surface area contributed by atoms with Gasteiger partial charge in [-0.05, 0) is 35.9 Å². The molecule has 2 rings (SSSR count). The number of aromatic hydroxyl groups is 1. The molecule has 0 atom stereocenters. The molecular formula is C12H7ClF2O. The summed E-state index contributed by atoms with van der Waals surface area (Å²) in [6, 6.07) is 7.46. The molecule has 0 bridgehead atoms. The third-order valence-electron chi connectivity index (χ3n) is 2.12. The van der Waals surface area contributed by atoms with Crippen LogP contribution in [-0.4, -0.2) is 5.11 Å². The van der Waals surface area contributed by atoms with E-state index in [1.807, 2.05) is 0 Å². The van der Waals surface area contributed by atoms with Gasteiger partial charge in [-0.3, -0.25) is 0 Å². The minimum atomic E-state index is -0.621. The van der Waals surface area contributed by atoms with Crippen molar-refractivity contribution in [3.63, 3.8) is 0 Å². The Balaban J connectivity index is 2.58. The van der Waals surface area contributed by atoms with E-state index in [2.05, 4.69) is 0 Å². The molecule has 0 saturated carbocycles. The van der Waals surface area contributed by atoms with Crippen molar-refractivity contribution in [2.75, 3.05) is 0 Å². The highest BCUT2D eigenvalue weighted by Gasteiger charge is 2.08. The number of halogens is 3. The quantitative estimate of drug-likeness (QED) is 0.799. The van der Waals surface area contributed by atoms with Crippen LogP contribution < -0.4 is 0 Å². The van der Waals surface area contributed by atoms with E-state index in [0.717, 1.165) is 18.2 Å². The first-order chi connectivity index (χ1) is 7.56. The largest absolute Gasteiger partial charge is 0.508 e. The van der Waals surface area contributed by atoms with Crippen molar-refractivity contribution in [1.82, 2.24) is 0 Å². The lowest BCUT2D eigenvalue weighted by molar-refractivity contribution is 0.469. The minimum absolute atomic E-state index is 0.194. The third-order valence-corrected chi connectivity index (χ3v) is 2.36. The van der Waals surface area contributed by atoms with E-state index >= 15 is 0 Å². The Hall–Kier alpha value is -1.61. The van der Waals surface area contributed by atoms with E-state index in [1.54, 1.807) is 0 Å². The first-order valence-corrected chi connectivity index (χ1v) is 4.89. The fourth-order valence-electron chi connectivity index (χ4n) is 1.45. The standard InChI is InChI=1S/C12H7ClF2O/c13-8-1-2-11(12(15)5-8)7-3-9(14)6-10(16)4-7/h1-6,16H. The monoisotopic (exact) mass is 240 g/mol. The number of rotatable bonds is 1. The molecule has 0 aliphatic heterocycles. The van der Waals surface area contributed by atoms with Crippen molar-refractivity contribution in [3.05, 3.63) is 53.1 Å². The van der Waals surface area contributed by atoms with Crippen LogP contribution in [0.1, 0.15) is 0 Å². The summed E-state index contributed by atoms with van der Waals surface area (Å²) >= 11 is 5.60. The zero-order chi connectivity index (χ0) is 11.7. The second kappa shape index (κ2) is 4.10. The molecule has 0 saturated heterocycles. The number of hydrogen-bond donors (Lipinski definition) is 1. The molecule has 0 unspecified atom stereocenters. The summed E-state index contributed by atoms with van der Waals surface area (Å²) in [6.07, 6.45) is 0. The van der Waals surface area contributed by atoms with Crippen molar-refractivity contribution in [1.29, 1.82) is 0 Å². The normalized spacial score (nSPS) is 10.4. The summed E-state index contributed by atoms with van der Waals surface area (Å²) in [5.74, 6) is -1.42. The average Bonchev–Trinajstić information content (AvgIpc) is 2.15. The van der Waals surface area contributed by atoms with Gasteiger partial charge in [0.1, 0.15) is 17.4 Å². The zero-order valence-electron chi connectivity index (χ0n) is 8.05. The molecule has 1 nitrogen and oxygen atoms in total. The van der Waals surface area contributed by atoms with Crippen LogP contribution in [0.25, 0.3) is 11.1 Å². The highest BCUT2D eigenvalue weighted by Crippen LogP contribution is 2.28. The van der Waals surface area contributed by atoms with Gasteiger partial charge in [-0.15, -0.1) is 0 Å². The summed E-state index contributed by atoms with van der Waals surface area (Å²) in [7, 11) is 0. The molecule has 2 aromatic carbocycles. The van der Waals surface area contributed by atoms with Crippen LogP contribution in [-0.2, 0) is 0 Å². The fraction of sp³-hybridized carbons (Fsp3) is 0. The molecule has 0 fully saturated rings.